The van der Waals surface area contributed by atoms with Crippen molar-refractivity contribution < 1.29 is 79.7 Å². The van der Waals surface area contributed by atoms with Gasteiger partial charge in [0.15, 0.2) is 0 Å². The van der Waals surface area contributed by atoms with Crippen molar-refractivity contribution in [1.29, 1.82) is 0 Å². The van der Waals surface area contributed by atoms with Crippen LogP contribution in [0.15, 0.2) is 0 Å². The second kappa shape index (κ2) is 9.56. The summed E-state index contributed by atoms with van der Waals surface area (Å²) < 4.78 is 210. The van der Waals surface area contributed by atoms with Gasteiger partial charge < -0.3 is 5.11 Å². The van der Waals surface area contributed by atoms with Gasteiger partial charge in [-0.15, -0.1) is 0 Å². The number of halogens is 17. The van der Waals surface area contributed by atoms with E-state index in [1.165, 1.54) is 25.7 Å². The highest BCUT2D eigenvalue weighted by Crippen LogP contribution is 2.63. The normalized spacial score (nSPS) is 15.4. The molecular weight excluding hydrogens is 507 g/mol. The topological polar surface area (TPSA) is 20.2 Å². The van der Waals surface area contributed by atoms with E-state index in [0.717, 1.165) is 0 Å². The van der Waals surface area contributed by atoms with Crippen LogP contribution in [0.1, 0.15) is 39.5 Å². The Morgan fingerprint density at radius 1 is 0.406 bits per heavy atom. The molecule has 0 aliphatic heterocycles. The summed E-state index contributed by atoms with van der Waals surface area (Å²) in [6.07, 6.45) is -9.55. The highest BCUT2D eigenvalue weighted by atomic mass is 19.4. The fourth-order valence-electron chi connectivity index (χ4n) is 1.66. The Morgan fingerprint density at radius 3 is 0.812 bits per heavy atom. The van der Waals surface area contributed by atoms with E-state index in [0.29, 0.717) is 0 Å². The maximum atomic E-state index is 12.8. The molecule has 0 bridgehead atoms. The molecule has 0 amide bonds. The third kappa shape index (κ3) is 5.29. The maximum absolute atomic E-state index is 12.8. The van der Waals surface area contributed by atoms with Gasteiger partial charge >= 0.3 is 47.8 Å². The lowest BCUT2D eigenvalue weighted by Crippen LogP contribution is -2.74. The molecule has 0 radical (unpaired) electrons. The van der Waals surface area contributed by atoms with E-state index < -0.39 is 47.8 Å². The molecule has 0 heterocycles. The monoisotopic (exact) mass is 522 g/mol. The summed E-state index contributed by atoms with van der Waals surface area (Å²) in [5.41, 5.74) is 0. The van der Waals surface area contributed by atoms with Crippen molar-refractivity contribution in [3.05, 3.63) is 0 Å². The average Bonchev–Trinajstić information content (AvgIpc) is 2.57. The molecule has 0 aromatic heterocycles. The molecule has 0 saturated heterocycles. The Labute approximate surface area is 168 Å². The quantitative estimate of drug-likeness (QED) is 0.245. The largest absolute Gasteiger partial charge is 0.460 e. The summed E-state index contributed by atoms with van der Waals surface area (Å²) in [4.78, 5) is 0. The van der Waals surface area contributed by atoms with Gasteiger partial charge in [-0.2, -0.15) is 74.6 Å². The minimum Gasteiger partial charge on any atom is -0.331 e. The second-order valence-corrected chi connectivity index (χ2v) is 6.19. The van der Waals surface area contributed by atoms with Crippen LogP contribution in [0.3, 0.4) is 0 Å². The van der Waals surface area contributed by atoms with Gasteiger partial charge in [0, 0.05) is 0 Å². The van der Waals surface area contributed by atoms with Crippen LogP contribution in [0.5, 0.6) is 0 Å². The fraction of sp³-hybridized carbons (Fsp3) is 1.00. The fourth-order valence-corrected chi connectivity index (χ4v) is 1.66. The van der Waals surface area contributed by atoms with E-state index in [-0.39, 0.29) is 0 Å². The Hall–Kier alpha value is -1.23. The van der Waals surface area contributed by atoms with Crippen molar-refractivity contribution in [3.8, 4) is 0 Å². The van der Waals surface area contributed by atoms with E-state index in [4.69, 9.17) is 5.11 Å². The average molecular weight is 522 g/mol. The zero-order valence-corrected chi connectivity index (χ0v) is 15.7. The molecule has 0 rings (SSSR count). The summed E-state index contributed by atoms with van der Waals surface area (Å²) in [6, 6.07) is 0. The summed E-state index contributed by atoms with van der Waals surface area (Å²) >= 11 is 0. The van der Waals surface area contributed by atoms with Gasteiger partial charge in [0.05, 0.1) is 0 Å². The Bertz CT molecular complexity index is 535. The van der Waals surface area contributed by atoms with Crippen LogP contribution in [0.2, 0.25) is 0 Å². The Balaban J connectivity index is 0. The molecule has 0 aliphatic carbocycles. The SMILES string of the molecule is CCCCCC.OC(F)(F)C(F)(F)C(F)(F)C(F)(F)C(F)(F)C(F)(F)C(F)(F)C(F)(F)F. The number of hydrogen-bond acceptors (Lipinski definition) is 1. The van der Waals surface area contributed by atoms with Gasteiger partial charge in [0.25, 0.3) is 0 Å². The molecule has 1 N–H and O–H groups in total. The highest BCUT2D eigenvalue weighted by molar-refractivity contribution is 5.14. The van der Waals surface area contributed by atoms with E-state index in [9.17, 15) is 74.6 Å². The number of rotatable bonds is 9. The Morgan fingerprint density at radius 2 is 0.625 bits per heavy atom. The molecular formula is C14H15F17O. The first-order valence-corrected chi connectivity index (χ1v) is 8.10. The molecule has 0 saturated carbocycles. The standard InChI is InChI=1S/C8HF17O.C6H14/c9-1(10,3(13,14)5(17,18)7(21,22)23)2(11,12)4(15,16)6(19,20)8(24,25)26;1-3-5-6-4-2/h26H;3-6H2,1-2H3. The predicted octanol–water partition coefficient (Wildman–Crippen LogP) is 7.53. The molecule has 0 atom stereocenters. The Kier molecular flexibility index (Phi) is 9.84. The molecule has 1 nitrogen and oxygen atoms in total. The molecule has 0 aromatic carbocycles. The first kappa shape index (κ1) is 32.9. The highest BCUT2D eigenvalue weighted by Gasteiger charge is 2.95. The summed E-state index contributed by atoms with van der Waals surface area (Å²) in [5, 5.41) is 7.34. The van der Waals surface area contributed by atoms with E-state index in [2.05, 4.69) is 13.8 Å². The van der Waals surface area contributed by atoms with Gasteiger partial charge in [-0.3, -0.25) is 0 Å². The molecule has 0 fully saturated rings. The minimum absolute atomic E-state index is 1.36. The maximum Gasteiger partial charge on any atom is 0.460 e. The molecule has 32 heavy (non-hydrogen) atoms. The number of alkyl halides is 17. The smallest absolute Gasteiger partial charge is 0.331 e. The third-order valence-corrected chi connectivity index (χ3v) is 3.66. The van der Waals surface area contributed by atoms with Crippen molar-refractivity contribution >= 4 is 0 Å². The van der Waals surface area contributed by atoms with Crippen LogP contribution in [0.4, 0.5) is 74.6 Å². The van der Waals surface area contributed by atoms with Gasteiger partial charge in [-0.1, -0.05) is 39.5 Å². The summed E-state index contributed by atoms with van der Waals surface area (Å²) in [6.45, 7) is 4.46. The zero-order valence-electron chi connectivity index (χ0n) is 15.7. The lowest BCUT2D eigenvalue weighted by atomic mass is 9.91. The van der Waals surface area contributed by atoms with Crippen molar-refractivity contribution in [2.24, 2.45) is 0 Å². The van der Waals surface area contributed by atoms with Crippen LogP contribution in [-0.4, -0.2) is 52.9 Å². The lowest BCUT2D eigenvalue weighted by molar-refractivity contribution is -0.474. The predicted molar refractivity (Wildman–Crippen MR) is 72.7 cm³/mol. The minimum atomic E-state index is -8.67. The van der Waals surface area contributed by atoms with Crippen molar-refractivity contribution in [2.45, 2.75) is 87.4 Å². The second-order valence-electron chi connectivity index (χ2n) is 6.19. The van der Waals surface area contributed by atoms with Crippen molar-refractivity contribution in [3.63, 3.8) is 0 Å². The third-order valence-electron chi connectivity index (χ3n) is 3.66. The van der Waals surface area contributed by atoms with Gasteiger partial charge in [-0.05, 0) is 0 Å². The van der Waals surface area contributed by atoms with E-state index in [1.807, 2.05) is 0 Å². The number of hydrogen-bond donors (Lipinski definition) is 1. The van der Waals surface area contributed by atoms with Gasteiger partial charge in [0.2, 0.25) is 0 Å². The summed E-state index contributed by atoms with van der Waals surface area (Å²) in [5.74, 6) is -50.5. The number of unbranched alkanes of at least 4 members (excludes halogenated alkanes) is 3. The molecule has 196 valence electrons. The van der Waals surface area contributed by atoms with Crippen LogP contribution < -0.4 is 0 Å². The number of aliphatic hydroxyl groups is 1. The van der Waals surface area contributed by atoms with Gasteiger partial charge in [-0.25, -0.2) is 0 Å². The lowest BCUT2D eigenvalue weighted by Gasteiger charge is -2.41. The molecule has 0 spiro atoms. The van der Waals surface area contributed by atoms with E-state index in [1.54, 1.807) is 0 Å². The first-order chi connectivity index (χ1) is 13.7. The van der Waals surface area contributed by atoms with Gasteiger partial charge in [0.1, 0.15) is 0 Å². The molecule has 0 unspecified atom stereocenters. The van der Waals surface area contributed by atoms with Crippen LogP contribution in [-0.2, 0) is 0 Å². The van der Waals surface area contributed by atoms with Crippen molar-refractivity contribution in [1.82, 2.24) is 0 Å². The molecule has 0 aliphatic rings. The van der Waals surface area contributed by atoms with Crippen LogP contribution in [0.25, 0.3) is 0 Å². The van der Waals surface area contributed by atoms with Crippen molar-refractivity contribution in [2.75, 3.05) is 0 Å². The zero-order chi connectivity index (χ0) is 26.8. The summed E-state index contributed by atoms with van der Waals surface area (Å²) in [7, 11) is 0. The first-order valence-electron chi connectivity index (χ1n) is 8.10. The van der Waals surface area contributed by atoms with Crippen LogP contribution >= 0.6 is 0 Å². The van der Waals surface area contributed by atoms with Crippen LogP contribution in [0, 0.1) is 0 Å². The van der Waals surface area contributed by atoms with E-state index >= 15 is 0 Å². The molecule has 0 aromatic rings. The molecule has 18 heteroatoms.